The Balaban J connectivity index is 2.47. The third-order valence-corrected chi connectivity index (χ3v) is 6.25. The molecule has 0 spiro atoms. The molecule has 0 aromatic heterocycles. The number of ether oxygens (including phenoxy) is 3. The molecule has 178 valence electrons. The van der Waals surface area contributed by atoms with Crippen LogP contribution in [-0.4, -0.2) is 76.1 Å². The second-order valence-corrected chi connectivity index (χ2v) is 9.53. The first-order valence-electron chi connectivity index (χ1n) is 10.2. The molecule has 8 nitrogen and oxygen atoms in total. The van der Waals surface area contributed by atoms with Crippen LogP contribution in [0.1, 0.15) is 24.2 Å². The summed E-state index contributed by atoms with van der Waals surface area (Å²) in [5.41, 5.74) is 0.537. The molecule has 10 heteroatoms. The van der Waals surface area contributed by atoms with Gasteiger partial charge in [0.25, 0.3) is 5.91 Å². The lowest BCUT2D eigenvalue weighted by molar-refractivity contribution is -0.126. The minimum atomic E-state index is -0.632. The van der Waals surface area contributed by atoms with Crippen molar-refractivity contribution in [3.8, 4) is 17.6 Å². The van der Waals surface area contributed by atoms with Crippen molar-refractivity contribution in [3.63, 3.8) is 0 Å². The van der Waals surface area contributed by atoms with Gasteiger partial charge < -0.3 is 30.2 Å². The van der Waals surface area contributed by atoms with Crippen molar-refractivity contribution in [1.29, 1.82) is 0 Å². The van der Waals surface area contributed by atoms with Crippen LogP contribution in [0.5, 0.6) is 5.75 Å². The standard InChI is InChI=1S/C22H33N3O5S2/c1-5-6-10-24-20(26)16-28-13-14-30-22(2,32-31-4)17-29-19-9-7-8-18(15-19)21(27)25-12-11-23-3/h7-9,15,23H,10-14,16-17H2,1-4H3,(H,24,26)(H,25,27). The zero-order valence-corrected chi connectivity index (χ0v) is 20.7. The molecule has 0 bridgehead atoms. The van der Waals surface area contributed by atoms with Gasteiger partial charge in [0.1, 0.15) is 19.0 Å². The van der Waals surface area contributed by atoms with E-state index in [4.69, 9.17) is 14.2 Å². The fourth-order valence-electron chi connectivity index (χ4n) is 2.37. The smallest absolute Gasteiger partial charge is 0.251 e. The summed E-state index contributed by atoms with van der Waals surface area (Å²) in [6, 6.07) is 7.05. The Hall–Kier alpha value is -1.90. The molecule has 0 saturated carbocycles. The molecule has 1 rings (SSSR count). The van der Waals surface area contributed by atoms with Crippen LogP contribution < -0.4 is 20.7 Å². The predicted octanol–water partition coefficient (Wildman–Crippen LogP) is 1.91. The predicted molar refractivity (Wildman–Crippen MR) is 131 cm³/mol. The minimum Gasteiger partial charge on any atom is -0.490 e. The van der Waals surface area contributed by atoms with Crippen LogP contribution in [0.25, 0.3) is 0 Å². The topological polar surface area (TPSA) is 97.9 Å². The molecular weight excluding hydrogens is 450 g/mol. The largest absolute Gasteiger partial charge is 0.490 e. The van der Waals surface area contributed by atoms with Crippen LogP contribution in [0.15, 0.2) is 24.3 Å². The van der Waals surface area contributed by atoms with Crippen molar-refractivity contribution in [1.82, 2.24) is 16.0 Å². The van der Waals surface area contributed by atoms with Crippen LogP contribution in [0.4, 0.5) is 0 Å². The Bertz CT molecular complexity index is 769. The first-order chi connectivity index (χ1) is 15.4. The normalized spacial score (nSPS) is 12.2. The van der Waals surface area contributed by atoms with Gasteiger partial charge in [-0.15, -0.1) is 5.92 Å². The maximum Gasteiger partial charge on any atom is 0.251 e. The molecule has 3 N–H and O–H groups in total. The van der Waals surface area contributed by atoms with Crippen LogP contribution >= 0.6 is 21.6 Å². The van der Waals surface area contributed by atoms with Gasteiger partial charge in [0, 0.05) is 18.7 Å². The lowest BCUT2D eigenvalue weighted by Gasteiger charge is -2.28. The van der Waals surface area contributed by atoms with E-state index in [1.54, 1.807) is 42.0 Å². The van der Waals surface area contributed by atoms with Crippen molar-refractivity contribution >= 4 is 33.4 Å². The molecule has 2 amide bonds. The average molecular weight is 484 g/mol. The summed E-state index contributed by atoms with van der Waals surface area (Å²) in [5, 5.41) is 8.47. The highest BCUT2D eigenvalue weighted by atomic mass is 33.1. The number of likely N-dealkylation sites (N-methyl/N-ethyl adjacent to an activating group) is 1. The van der Waals surface area contributed by atoms with E-state index in [0.29, 0.717) is 37.6 Å². The van der Waals surface area contributed by atoms with Crippen LogP contribution in [0.3, 0.4) is 0 Å². The number of carbonyl (C=O) groups is 2. The molecular formula is C22H33N3O5S2. The van der Waals surface area contributed by atoms with Gasteiger partial charge in [-0.3, -0.25) is 9.59 Å². The van der Waals surface area contributed by atoms with Crippen LogP contribution in [-0.2, 0) is 14.3 Å². The van der Waals surface area contributed by atoms with Gasteiger partial charge in [-0.2, -0.15) is 0 Å². The fourth-order valence-corrected chi connectivity index (χ4v) is 4.31. The maximum atomic E-state index is 12.2. The number of benzene rings is 1. The average Bonchev–Trinajstić information content (AvgIpc) is 2.78. The summed E-state index contributed by atoms with van der Waals surface area (Å²) in [6.45, 7) is 6.03. The SMILES string of the molecule is CC#CCNC(=O)COCCOC(C)(COc1cccc(C(=O)NCCNC)c1)SSC. The van der Waals surface area contributed by atoms with Gasteiger partial charge in [-0.25, -0.2) is 0 Å². The molecule has 0 fully saturated rings. The Labute approximate surface area is 198 Å². The first-order valence-corrected chi connectivity index (χ1v) is 12.8. The van der Waals surface area contributed by atoms with E-state index in [0.717, 1.165) is 0 Å². The lowest BCUT2D eigenvalue weighted by atomic mass is 10.2. The van der Waals surface area contributed by atoms with Crippen molar-refractivity contribution in [2.24, 2.45) is 0 Å². The van der Waals surface area contributed by atoms with Crippen molar-refractivity contribution in [3.05, 3.63) is 29.8 Å². The Morgan fingerprint density at radius 2 is 2.00 bits per heavy atom. The highest BCUT2D eigenvalue weighted by molar-refractivity contribution is 8.76. The first kappa shape index (κ1) is 28.1. The number of hydrogen-bond acceptors (Lipinski definition) is 8. The molecule has 0 radical (unpaired) electrons. The molecule has 1 aromatic rings. The monoisotopic (exact) mass is 483 g/mol. The van der Waals surface area contributed by atoms with Crippen molar-refractivity contribution < 1.29 is 23.8 Å². The second-order valence-electron chi connectivity index (χ2n) is 6.66. The van der Waals surface area contributed by atoms with Gasteiger partial charge in [0.2, 0.25) is 5.91 Å². The van der Waals surface area contributed by atoms with Crippen molar-refractivity contribution in [2.45, 2.75) is 18.8 Å². The van der Waals surface area contributed by atoms with E-state index in [9.17, 15) is 9.59 Å². The zero-order valence-electron chi connectivity index (χ0n) is 19.1. The summed E-state index contributed by atoms with van der Waals surface area (Å²) >= 11 is 0. The molecule has 32 heavy (non-hydrogen) atoms. The Morgan fingerprint density at radius 3 is 2.72 bits per heavy atom. The summed E-state index contributed by atoms with van der Waals surface area (Å²) in [4.78, 5) is 23.2. The number of hydrogen-bond donors (Lipinski definition) is 3. The van der Waals surface area contributed by atoms with E-state index in [1.807, 2.05) is 20.2 Å². The minimum absolute atomic E-state index is 0.0409. The van der Waals surface area contributed by atoms with Crippen LogP contribution in [0, 0.1) is 11.8 Å². The third-order valence-electron chi connectivity index (χ3n) is 3.94. The highest BCUT2D eigenvalue weighted by Crippen LogP contribution is 2.35. The molecule has 0 aliphatic heterocycles. The zero-order chi connectivity index (χ0) is 23.7. The second kappa shape index (κ2) is 16.7. The number of amides is 2. The van der Waals surface area contributed by atoms with E-state index in [2.05, 4.69) is 27.8 Å². The summed E-state index contributed by atoms with van der Waals surface area (Å²) < 4.78 is 17.2. The summed E-state index contributed by atoms with van der Waals surface area (Å²) in [7, 11) is 4.93. The van der Waals surface area contributed by atoms with Crippen LogP contribution in [0.2, 0.25) is 0 Å². The summed E-state index contributed by atoms with van der Waals surface area (Å²) in [6.07, 6.45) is 1.96. The summed E-state index contributed by atoms with van der Waals surface area (Å²) in [5.74, 6) is 5.69. The van der Waals surface area contributed by atoms with Gasteiger partial charge in [-0.1, -0.05) is 33.6 Å². The van der Waals surface area contributed by atoms with Gasteiger partial charge in [0.15, 0.2) is 4.93 Å². The Kier molecular flexibility index (Phi) is 14.7. The molecule has 0 aliphatic rings. The van der Waals surface area contributed by atoms with Gasteiger partial charge in [-0.05, 0) is 45.4 Å². The van der Waals surface area contributed by atoms with E-state index in [-0.39, 0.29) is 31.6 Å². The number of nitrogens with one attached hydrogen (secondary N) is 3. The van der Waals surface area contributed by atoms with Gasteiger partial charge >= 0.3 is 0 Å². The molecule has 1 aromatic carbocycles. The third kappa shape index (κ3) is 12.2. The Morgan fingerprint density at radius 1 is 1.19 bits per heavy atom. The molecule has 0 heterocycles. The van der Waals surface area contributed by atoms with E-state index < -0.39 is 4.93 Å². The van der Waals surface area contributed by atoms with E-state index >= 15 is 0 Å². The molecule has 1 unspecified atom stereocenters. The fraction of sp³-hybridized carbons (Fsp3) is 0.545. The van der Waals surface area contributed by atoms with Gasteiger partial charge in [0.05, 0.1) is 19.8 Å². The highest BCUT2D eigenvalue weighted by Gasteiger charge is 2.27. The molecule has 1 atom stereocenters. The quantitative estimate of drug-likeness (QED) is 0.142. The number of rotatable bonds is 16. The molecule has 0 saturated heterocycles. The van der Waals surface area contributed by atoms with Crippen molar-refractivity contribution in [2.75, 3.05) is 59.4 Å². The lowest BCUT2D eigenvalue weighted by Crippen LogP contribution is -2.34. The van der Waals surface area contributed by atoms with E-state index in [1.165, 1.54) is 10.8 Å². The maximum absolute atomic E-state index is 12.2. The number of carbonyl (C=O) groups excluding carboxylic acids is 2. The molecule has 0 aliphatic carbocycles.